The number of amides is 1. The first-order valence-electron chi connectivity index (χ1n) is 10.1. The van der Waals surface area contributed by atoms with E-state index in [0.29, 0.717) is 31.3 Å². The van der Waals surface area contributed by atoms with Gasteiger partial charge in [0.2, 0.25) is 5.91 Å². The number of nitrogens with zero attached hydrogens (tertiary/aromatic N) is 3. The Morgan fingerprint density at radius 1 is 1.21 bits per heavy atom. The molecule has 1 N–H and O–H groups in total. The highest BCUT2D eigenvalue weighted by atomic mass is 16.5. The Morgan fingerprint density at radius 2 is 1.93 bits per heavy atom. The zero-order chi connectivity index (χ0) is 19.9. The Bertz CT molecular complexity index is 832. The molecule has 28 heavy (non-hydrogen) atoms. The molecular weight excluding hydrogens is 356 g/mol. The number of benzene rings is 1. The molecule has 2 aromatic rings. The summed E-state index contributed by atoms with van der Waals surface area (Å²) in [6.07, 6.45) is 7.97. The molecule has 7 nitrogen and oxygen atoms in total. The van der Waals surface area contributed by atoms with Gasteiger partial charge in [0.1, 0.15) is 5.75 Å². The lowest BCUT2D eigenvalue weighted by atomic mass is 9.86. The molecule has 7 heteroatoms. The van der Waals surface area contributed by atoms with Crippen molar-refractivity contribution in [1.82, 2.24) is 19.7 Å². The summed E-state index contributed by atoms with van der Waals surface area (Å²) in [5.74, 6) is 2.11. The maximum atomic E-state index is 12.4. The van der Waals surface area contributed by atoms with E-state index in [1.807, 2.05) is 24.3 Å². The van der Waals surface area contributed by atoms with Crippen LogP contribution in [0.3, 0.4) is 0 Å². The number of carbonyl (C=O) groups is 1. The van der Waals surface area contributed by atoms with Crippen molar-refractivity contribution in [2.24, 2.45) is 13.0 Å². The monoisotopic (exact) mass is 386 g/mol. The second kappa shape index (κ2) is 9.57. The van der Waals surface area contributed by atoms with Gasteiger partial charge in [0.15, 0.2) is 5.82 Å². The number of rotatable bonds is 8. The van der Waals surface area contributed by atoms with Crippen LogP contribution in [0, 0.1) is 5.92 Å². The molecule has 1 aromatic heterocycles. The van der Waals surface area contributed by atoms with E-state index in [9.17, 15) is 9.59 Å². The number of carbonyl (C=O) groups excluding carboxylic acids is 1. The Kier molecular flexibility index (Phi) is 6.90. The maximum Gasteiger partial charge on any atom is 0.345 e. The molecule has 1 heterocycles. The zero-order valence-electron chi connectivity index (χ0n) is 16.8. The molecule has 1 aliphatic rings. The van der Waals surface area contributed by atoms with Crippen molar-refractivity contribution in [1.29, 1.82) is 0 Å². The van der Waals surface area contributed by atoms with Gasteiger partial charge in [-0.3, -0.25) is 9.36 Å². The lowest BCUT2D eigenvalue weighted by Gasteiger charge is -2.20. The molecule has 0 unspecified atom stereocenters. The van der Waals surface area contributed by atoms with Gasteiger partial charge in [-0.15, -0.1) is 5.10 Å². The fraction of sp³-hybridized carbons (Fsp3) is 0.571. The van der Waals surface area contributed by atoms with Gasteiger partial charge in [0.25, 0.3) is 0 Å². The molecule has 1 amide bonds. The highest BCUT2D eigenvalue weighted by Gasteiger charge is 2.15. The van der Waals surface area contributed by atoms with E-state index in [1.54, 1.807) is 14.2 Å². The zero-order valence-corrected chi connectivity index (χ0v) is 16.8. The maximum absolute atomic E-state index is 12.4. The van der Waals surface area contributed by atoms with Crippen molar-refractivity contribution in [2.75, 3.05) is 13.7 Å². The lowest BCUT2D eigenvalue weighted by molar-refractivity contribution is -0.121. The van der Waals surface area contributed by atoms with Crippen LogP contribution >= 0.6 is 0 Å². The van der Waals surface area contributed by atoms with E-state index in [0.717, 1.165) is 17.7 Å². The van der Waals surface area contributed by atoms with Gasteiger partial charge in [-0.2, -0.15) is 0 Å². The molecule has 0 spiro atoms. The van der Waals surface area contributed by atoms with Gasteiger partial charge >= 0.3 is 5.69 Å². The summed E-state index contributed by atoms with van der Waals surface area (Å²) in [7, 11) is 3.32. The molecule has 0 radical (unpaired) electrons. The summed E-state index contributed by atoms with van der Waals surface area (Å²) >= 11 is 0. The Morgan fingerprint density at radius 3 is 2.61 bits per heavy atom. The second-order valence-corrected chi connectivity index (χ2v) is 7.51. The third-order valence-electron chi connectivity index (χ3n) is 5.54. The first kappa shape index (κ1) is 20.2. The van der Waals surface area contributed by atoms with Gasteiger partial charge in [-0.1, -0.05) is 32.1 Å². The van der Waals surface area contributed by atoms with Crippen molar-refractivity contribution in [3.05, 3.63) is 34.7 Å². The standard InChI is InChI=1S/C21H30N4O3/c1-24-20(17-9-11-18(28-2)12-10-17)23-25(21(24)27)15-14-22-19(26)13-8-16-6-4-3-5-7-16/h9-12,16H,3-8,13-15H2,1-2H3,(H,22,26). The van der Waals surface area contributed by atoms with Crippen LogP contribution in [0.25, 0.3) is 11.4 Å². The first-order chi connectivity index (χ1) is 13.6. The van der Waals surface area contributed by atoms with Crippen LogP contribution in [0.15, 0.2) is 29.1 Å². The Labute approximate surface area is 165 Å². The second-order valence-electron chi connectivity index (χ2n) is 7.51. The average molecular weight is 386 g/mol. The van der Waals surface area contributed by atoms with Crippen molar-refractivity contribution >= 4 is 5.91 Å². The minimum atomic E-state index is -0.192. The molecular formula is C21H30N4O3. The van der Waals surface area contributed by atoms with Crippen LogP contribution in [0.4, 0.5) is 0 Å². The van der Waals surface area contributed by atoms with E-state index >= 15 is 0 Å². The number of ether oxygens (including phenoxy) is 1. The van der Waals surface area contributed by atoms with Crippen molar-refractivity contribution in [3.63, 3.8) is 0 Å². The molecule has 0 aliphatic heterocycles. The van der Waals surface area contributed by atoms with Gasteiger partial charge < -0.3 is 10.1 Å². The van der Waals surface area contributed by atoms with Crippen LogP contribution in [0.1, 0.15) is 44.9 Å². The molecule has 1 fully saturated rings. The van der Waals surface area contributed by atoms with Crippen LogP contribution < -0.4 is 15.7 Å². The van der Waals surface area contributed by atoms with E-state index < -0.39 is 0 Å². The minimum Gasteiger partial charge on any atom is -0.497 e. The number of aromatic nitrogens is 3. The molecule has 0 atom stereocenters. The van der Waals surface area contributed by atoms with Crippen LogP contribution in [0.2, 0.25) is 0 Å². The molecule has 0 saturated heterocycles. The normalized spacial score (nSPS) is 14.8. The summed E-state index contributed by atoms with van der Waals surface area (Å²) in [6.45, 7) is 0.764. The summed E-state index contributed by atoms with van der Waals surface area (Å²) in [6, 6.07) is 7.42. The number of nitrogens with one attached hydrogen (secondary N) is 1. The molecule has 1 saturated carbocycles. The summed E-state index contributed by atoms with van der Waals surface area (Å²) in [5, 5.41) is 7.34. The first-order valence-corrected chi connectivity index (χ1v) is 10.1. The van der Waals surface area contributed by atoms with E-state index in [2.05, 4.69) is 10.4 Å². The van der Waals surface area contributed by atoms with Crippen LogP contribution in [0.5, 0.6) is 5.75 Å². The van der Waals surface area contributed by atoms with E-state index in [-0.39, 0.29) is 11.6 Å². The third kappa shape index (κ3) is 5.03. The summed E-state index contributed by atoms with van der Waals surface area (Å²) < 4.78 is 8.09. The molecule has 1 aliphatic carbocycles. The summed E-state index contributed by atoms with van der Waals surface area (Å²) in [4.78, 5) is 24.5. The molecule has 152 valence electrons. The SMILES string of the molecule is COc1ccc(-c2nn(CCNC(=O)CCC3CCCCC3)c(=O)n2C)cc1. The van der Waals surface area contributed by atoms with Crippen molar-refractivity contribution < 1.29 is 9.53 Å². The fourth-order valence-corrected chi connectivity index (χ4v) is 3.83. The number of hydrogen-bond donors (Lipinski definition) is 1. The van der Waals surface area contributed by atoms with Crippen LogP contribution in [-0.2, 0) is 18.4 Å². The van der Waals surface area contributed by atoms with E-state index in [4.69, 9.17) is 4.74 Å². The molecule has 0 bridgehead atoms. The topological polar surface area (TPSA) is 78.2 Å². The molecule has 1 aromatic carbocycles. The van der Waals surface area contributed by atoms with Crippen molar-refractivity contribution in [3.8, 4) is 17.1 Å². The Hall–Kier alpha value is -2.57. The predicted octanol–water partition coefficient (Wildman–Crippen LogP) is 2.73. The van der Waals surface area contributed by atoms with Crippen molar-refractivity contribution in [2.45, 2.75) is 51.5 Å². The number of methoxy groups -OCH3 is 1. The number of hydrogen-bond acceptors (Lipinski definition) is 4. The average Bonchev–Trinajstić information content (AvgIpc) is 3.02. The summed E-state index contributed by atoms with van der Waals surface area (Å²) in [5.41, 5.74) is 0.651. The van der Waals surface area contributed by atoms with Crippen LogP contribution in [-0.4, -0.2) is 33.9 Å². The minimum absolute atomic E-state index is 0.0601. The van der Waals surface area contributed by atoms with E-state index in [1.165, 1.54) is 41.4 Å². The van der Waals surface area contributed by atoms with Gasteiger partial charge in [0.05, 0.1) is 13.7 Å². The Balaban J connectivity index is 1.51. The fourth-order valence-electron chi connectivity index (χ4n) is 3.83. The van der Waals surface area contributed by atoms with Gasteiger partial charge in [0, 0.05) is 25.6 Å². The van der Waals surface area contributed by atoms with Gasteiger partial charge in [-0.25, -0.2) is 9.48 Å². The highest BCUT2D eigenvalue weighted by molar-refractivity contribution is 5.75. The highest BCUT2D eigenvalue weighted by Crippen LogP contribution is 2.27. The quantitative estimate of drug-likeness (QED) is 0.757. The smallest absolute Gasteiger partial charge is 0.345 e. The predicted molar refractivity (Wildman–Crippen MR) is 108 cm³/mol. The van der Waals surface area contributed by atoms with Gasteiger partial charge in [-0.05, 0) is 36.6 Å². The molecule has 3 rings (SSSR count). The lowest BCUT2D eigenvalue weighted by Crippen LogP contribution is -2.31. The largest absolute Gasteiger partial charge is 0.497 e. The third-order valence-corrected chi connectivity index (χ3v) is 5.54.